The second kappa shape index (κ2) is 2.99. The van der Waals surface area contributed by atoms with Gasteiger partial charge in [0.15, 0.2) is 11.5 Å². The molecule has 3 heterocycles. The van der Waals surface area contributed by atoms with Crippen molar-refractivity contribution in [2.45, 2.75) is 6.92 Å². The summed E-state index contributed by atoms with van der Waals surface area (Å²) in [5.41, 5.74) is 0.202. The third kappa shape index (κ3) is 1.13. The van der Waals surface area contributed by atoms with Crippen LogP contribution in [0.4, 0.5) is 0 Å². The smallest absolute Gasteiger partial charge is 0.246 e. The Kier molecular flexibility index (Phi) is 1.64. The van der Waals surface area contributed by atoms with Crippen LogP contribution in [0.15, 0.2) is 23.5 Å². The van der Waals surface area contributed by atoms with E-state index in [4.69, 9.17) is 0 Å². The highest BCUT2D eigenvalue weighted by atomic mass is 16.1. The third-order valence-corrected chi connectivity index (χ3v) is 2.21. The lowest BCUT2D eigenvalue weighted by Crippen LogP contribution is -2.14. The van der Waals surface area contributed by atoms with Crippen LogP contribution < -0.4 is 5.69 Å². The van der Waals surface area contributed by atoms with E-state index in [-0.39, 0.29) is 5.69 Å². The minimum Gasteiger partial charge on any atom is -0.246 e. The van der Waals surface area contributed by atoms with Gasteiger partial charge in [-0.05, 0) is 6.92 Å². The standard InChI is InChI=1S/C8H7N7O/c1-5-11-6(14-4-9-3-10-14)2-7-12-13-8(16)15(5)7/h2-4H,1H3,(H,13,16). The van der Waals surface area contributed by atoms with Gasteiger partial charge in [-0.15, -0.1) is 0 Å². The number of aromatic amines is 1. The van der Waals surface area contributed by atoms with Gasteiger partial charge in [-0.3, -0.25) is 0 Å². The first-order valence-electron chi connectivity index (χ1n) is 4.55. The summed E-state index contributed by atoms with van der Waals surface area (Å²) in [6.45, 7) is 1.73. The summed E-state index contributed by atoms with van der Waals surface area (Å²) >= 11 is 0. The SMILES string of the molecule is Cc1nc(-n2cncn2)cc2n[nH]c(=O)n12. The molecule has 8 heteroatoms. The lowest BCUT2D eigenvalue weighted by Gasteiger charge is -2.01. The number of nitrogens with zero attached hydrogens (tertiary/aromatic N) is 6. The topological polar surface area (TPSA) is 93.8 Å². The molecule has 0 unspecified atom stereocenters. The van der Waals surface area contributed by atoms with E-state index in [1.165, 1.54) is 21.7 Å². The lowest BCUT2D eigenvalue weighted by atomic mass is 10.5. The Bertz CT molecular complexity index is 693. The van der Waals surface area contributed by atoms with Crippen molar-refractivity contribution in [2.24, 2.45) is 0 Å². The fraction of sp³-hybridized carbons (Fsp3) is 0.125. The molecule has 0 bridgehead atoms. The van der Waals surface area contributed by atoms with E-state index in [1.54, 1.807) is 13.0 Å². The van der Waals surface area contributed by atoms with Gasteiger partial charge in [-0.2, -0.15) is 10.2 Å². The number of aryl methyl sites for hydroxylation is 1. The summed E-state index contributed by atoms with van der Waals surface area (Å²) in [7, 11) is 0. The monoisotopic (exact) mass is 217 g/mol. The van der Waals surface area contributed by atoms with E-state index < -0.39 is 0 Å². The van der Waals surface area contributed by atoms with E-state index in [0.717, 1.165) is 0 Å². The fourth-order valence-electron chi connectivity index (χ4n) is 1.53. The van der Waals surface area contributed by atoms with Crippen LogP contribution in [-0.4, -0.2) is 34.3 Å². The first kappa shape index (κ1) is 8.77. The Balaban J connectivity index is 2.34. The van der Waals surface area contributed by atoms with Crippen molar-refractivity contribution in [1.82, 2.24) is 34.3 Å². The van der Waals surface area contributed by atoms with Gasteiger partial charge in [0.2, 0.25) is 0 Å². The number of hydrogen-bond acceptors (Lipinski definition) is 5. The van der Waals surface area contributed by atoms with Crippen LogP contribution in [0.5, 0.6) is 0 Å². The van der Waals surface area contributed by atoms with E-state index in [9.17, 15) is 4.79 Å². The molecular formula is C8H7N7O. The molecule has 0 aromatic carbocycles. The van der Waals surface area contributed by atoms with Gasteiger partial charge in [-0.25, -0.2) is 28.9 Å². The van der Waals surface area contributed by atoms with Gasteiger partial charge in [0.25, 0.3) is 0 Å². The van der Waals surface area contributed by atoms with Gasteiger partial charge in [0.05, 0.1) is 0 Å². The second-order valence-electron chi connectivity index (χ2n) is 3.22. The van der Waals surface area contributed by atoms with Crippen molar-refractivity contribution in [3.05, 3.63) is 35.0 Å². The van der Waals surface area contributed by atoms with Gasteiger partial charge in [0, 0.05) is 6.07 Å². The first-order valence-corrected chi connectivity index (χ1v) is 4.55. The van der Waals surface area contributed by atoms with E-state index in [1.807, 2.05) is 0 Å². The molecule has 0 atom stereocenters. The summed E-state index contributed by atoms with van der Waals surface area (Å²) in [4.78, 5) is 19.4. The summed E-state index contributed by atoms with van der Waals surface area (Å²) in [5.74, 6) is 1.11. The zero-order valence-corrected chi connectivity index (χ0v) is 8.32. The Morgan fingerprint density at radius 1 is 1.44 bits per heavy atom. The maximum Gasteiger partial charge on any atom is 0.349 e. The van der Waals surface area contributed by atoms with Crippen LogP contribution in [0.25, 0.3) is 11.5 Å². The van der Waals surface area contributed by atoms with Gasteiger partial charge < -0.3 is 0 Å². The number of aromatic nitrogens is 7. The molecule has 0 amide bonds. The molecule has 1 N–H and O–H groups in total. The number of H-pyrrole nitrogens is 1. The molecule has 0 radical (unpaired) electrons. The normalized spacial score (nSPS) is 11.1. The van der Waals surface area contributed by atoms with Crippen molar-refractivity contribution >= 4 is 5.65 Å². The summed E-state index contributed by atoms with van der Waals surface area (Å²) < 4.78 is 2.90. The molecule has 0 aliphatic carbocycles. The third-order valence-electron chi connectivity index (χ3n) is 2.21. The lowest BCUT2D eigenvalue weighted by molar-refractivity contribution is 0.816. The molecule has 0 saturated heterocycles. The Morgan fingerprint density at radius 2 is 2.31 bits per heavy atom. The number of nitrogens with one attached hydrogen (secondary N) is 1. The maximum atomic E-state index is 11.4. The largest absolute Gasteiger partial charge is 0.349 e. The molecule has 0 spiro atoms. The molecule has 0 aliphatic heterocycles. The second-order valence-corrected chi connectivity index (χ2v) is 3.22. The molecule has 3 aromatic rings. The molecule has 0 saturated carbocycles. The van der Waals surface area contributed by atoms with Gasteiger partial charge in [0.1, 0.15) is 18.5 Å². The zero-order chi connectivity index (χ0) is 11.1. The quantitative estimate of drug-likeness (QED) is 0.582. The summed E-state index contributed by atoms with van der Waals surface area (Å²) in [5, 5.41) is 10.2. The number of rotatable bonds is 1. The van der Waals surface area contributed by atoms with Gasteiger partial charge >= 0.3 is 5.69 Å². The van der Waals surface area contributed by atoms with E-state index in [2.05, 4.69) is 25.3 Å². The minimum atomic E-state index is -0.301. The molecule has 0 fully saturated rings. The molecule has 0 aliphatic rings. The van der Waals surface area contributed by atoms with Crippen molar-refractivity contribution in [3.63, 3.8) is 0 Å². The minimum absolute atomic E-state index is 0.301. The average Bonchev–Trinajstić information content (AvgIpc) is 2.87. The maximum absolute atomic E-state index is 11.4. The number of fused-ring (bicyclic) bond motifs is 1. The predicted molar refractivity (Wildman–Crippen MR) is 53.3 cm³/mol. The fourth-order valence-corrected chi connectivity index (χ4v) is 1.53. The molecule has 16 heavy (non-hydrogen) atoms. The summed E-state index contributed by atoms with van der Waals surface area (Å²) in [6.07, 6.45) is 2.95. The van der Waals surface area contributed by atoms with Crippen LogP contribution in [0, 0.1) is 6.92 Å². The molecular weight excluding hydrogens is 210 g/mol. The van der Waals surface area contributed by atoms with Crippen LogP contribution in [0.3, 0.4) is 0 Å². The molecule has 3 rings (SSSR count). The zero-order valence-electron chi connectivity index (χ0n) is 8.32. The van der Waals surface area contributed by atoms with E-state index >= 15 is 0 Å². The Labute approximate surface area is 88.6 Å². The van der Waals surface area contributed by atoms with Crippen LogP contribution in [0.2, 0.25) is 0 Å². The molecule has 8 nitrogen and oxygen atoms in total. The summed E-state index contributed by atoms with van der Waals surface area (Å²) in [6, 6.07) is 1.65. The first-order chi connectivity index (χ1) is 7.75. The predicted octanol–water partition coefficient (Wildman–Crippen LogP) is -0.693. The van der Waals surface area contributed by atoms with Crippen molar-refractivity contribution in [2.75, 3.05) is 0 Å². The number of hydrogen-bond donors (Lipinski definition) is 1. The molecule has 80 valence electrons. The van der Waals surface area contributed by atoms with E-state index in [0.29, 0.717) is 17.3 Å². The van der Waals surface area contributed by atoms with Crippen molar-refractivity contribution in [3.8, 4) is 5.82 Å². The van der Waals surface area contributed by atoms with Crippen molar-refractivity contribution < 1.29 is 0 Å². The van der Waals surface area contributed by atoms with Gasteiger partial charge in [-0.1, -0.05) is 0 Å². The van der Waals surface area contributed by atoms with Crippen LogP contribution in [0.1, 0.15) is 5.82 Å². The average molecular weight is 217 g/mol. The highest BCUT2D eigenvalue weighted by molar-refractivity contribution is 5.43. The highest BCUT2D eigenvalue weighted by Gasteiger charge is 2.08. The molecule has 3 aromatic heterocycles. The van der Waals surface area contributed by atoms with Crippen molar-refractivity contribution in [1.29, 1.82) is 0 Å². The van der Waals surface area contributed by atoms with Crippen LogP contribution >= 0.6 is 0 Å². The highest BCUT2D eigenvalue weighted by Crippen LogP contribution is 2.05. The van der Waals surface area contributed by atoms with Crippen LogP contribution in [-0.2, 0) is 0 Å². The Hall–Kier alpha value is -2.51. The Morgan fingerprint density at radius 3 is 3.06 bits per heavy atom.